The van der Waals surface area contributed by atoms with Crippen molar-refractivity contribution in [3.63, 3.8) is 0 Å². The number of allylic oxidation sites excluding steroid dienone is 1. The van der Waals surface area contributed by atoms with E-state index in [0.717, 1.165) is 6.54 Å². The molecule has 1 aromatic carbocycles. The SMILES string of the molecule is C(CNC1CCc2ccccc21)=C1CCC1. The standard InChI is InChI=1S/C15H19N/c1-2-7-14-13(6-1)8-9-15(14)16-11-10-12-4-3-5-12/h1-2,6-7,10,15-16H,3-5,8-9,11H2. The summed E-state index contributed by atoms with van der Waals surface area (Å²) in [6.45, 7) is 1.05. The van der Waals surface area contributed by atoms with Crippen LogP contribution in [0.2, 0.25) is 0 Å². The summed E-state index contributed by atoms with van der Waals surface area (Å²) in [6, 6.07) is 9.44. The Hall–Kier alpha value is -1.08. The van der Waals surface area contributed by atoms with Crippen molar-refractivity contribution in [3.8, 4) is 0 Å². The lowest BCUT2D eigenvalue weighted by Crippen LogP contribution is -2.19. The first-order valence-electron chi connectivity index (χ1n) is 6.42. The van der Waals surface area contributed by atoms with Gasteiger partial charge >= 0.3 is 0 Å². The fourth-order valence-electron chi connectivity index (χ4n) is 2.70. The number of rotatable bonds is 3. The van der Waals surface area contributed by atoms with Gasteiger partial charge in [-0.05, 0) is 43.2 Å². The molecule has 1 atom stereocenters. The predicted molar refractivity (Wildman–Crippen MR) is 67.4 cm³/mol. The van der Waals surface area contributed by atoms with E-state index in [1.807, 2.05) is 0 Å². The fraction of sp³-hybridized carbons (Fsp3) is 0.467. The van der Waals surface area contributed by atoms with Crippen LogP contribution in [0.4, 0.5) is 0 Å². The third-order valence-corrected chi connectivity index (χ3v) is 3.88. The van der Waals surface area contributed by atoms with Crippen LogP contribution in [0.1, 0.15) is 42.9 Å². The number of hydrogen-bond donors (Lipinski definition) is 1. The molecule has 0 spiro atoms. The molecule has 1 aromatic rings. The Morgan fingerprint density at radius 3 is 2.88 bits per heavy atom. The van der Waals surface area contributed by atoms with Gasteiger partial charge in [0.1, 0.15) is 0 Å². The van der Waals surface area contributed by atoms with Gasteiger partial charge in [0.2, 0.25) is 0 Å². The van der Waals surface area contributed by atoms with Crippen LogP contribution in [-0.2, 0) is 6.42 Å². The molecule has 1 nitrogen and oxygen atoms in total. The Kier molecular flexibility index (Phi) is 2.79. The first-order valence-corrected chi connectivity index (χ1v) is 6.42. The van der Waals surface area contributed by atoms with Crippen molar-refractivity contribution < 1.29 is 0 Å². The topological polar surface area (TPSA) is 12.0 Å². The molecule has 84 valence electrons. The van der Waals surface area contributed by atoms with Gasteiger partial charge < -0.3 is 5.32 Å². The lowest BCUT2D eigenvalue weighted by molar-refractivity contribution is 0.557. The van der Waals surface area contributed by atoms with E-state index in [4.69, 9.17) is 0 Å². The van der Waals surface area contributed by atoms with Crippen LogP contribution in [-0.4, -0.2) is 6.54 Å². The lowest BCUT2D eigenvalue weighted by atomic mass is 9.92. The molecule has 0 bridgehead atoms. The van der Waals surface area contributed by atoms with Crippen molar-refractivity contribution in [1.29, 1.82) is 0 Å². The minimum absolute atomic E-state index is 0.591. The zero-order valence-corrected chi connectivity index (χ0v) is 9.71. The smallest absolute Gasteiger partial charge is 0.0328 e. The van der Waals surface area contributed by atoms with E-state index < -0.39 is 0 Å². The Labute approximate surface area is 97.6 Å². The number of nitrogens with one attached hydrogen (secondary N) is 1. The van der Waals surface area contributed by atoms with Crippen molar-refractivity contribution in [2.75, 3.05) is 6.54 Å². The second kappa shape index (κ2) is 4.42. The Morgan fingerprint density at radius 2 is 2.06 bits per heavy atom. The molecule has 0 saturated heterocycles. The molecule has 0 aliphatic heterocycles. The Morgan fingerprint density at radius 1 is 1.19 bits per heavy atom. The van der Waals surface area contributed by atoms with Crippen LogP contribution < -0.4 is 5.32 Å². The molecule has 0 aromatic heterocycles. The summed E-state index contributed by atoms with van der Waals surface area (Å²) >= 11 is 0. The number of fused-ring (bicyclic) bond motifs is 1. The van der Waals surface area contributed by atoms with Crippen molar-refractivity contribution in [2.24, 2.45) is 0 Å². The van der Waals surface area contributed by atoms with Crippen LogP contribution in [0.3, 0.4) is 0 Å². The summed E-state index contributed by atoms with van der Waals surface area (Å²) in [6.07, 6.45) is 8.97. The summed E-state index contributed by atoms with van der Waals surface area (Å²) in [5, 5.41) is 3.66. The van der Waals surface area contributed by atoms with Crippen LogP contribution in [0.15, 0.2) is 35.9 Å². The first-order chi connectivity index (χ1) is 7.93. The van der Waals surface area contributed by atoms with Gasteiger partial charge in [0.15, 0.2) is 0 Å². The van der Waals surface area contributed by atoms with Gasteiger partial charge in [0, 0.05) is 12.6 Å². The minimum Gasteiger partial charge on any atom is -0.306 e. The highest BCUT2D eigenvalue weighted by atomic mass is 14.9. The monoisotopic (exact) mass is 213 g/mol. The molecule has 0 radical (unpaired) electrons. The second-order valence-electron chi connectivity index (χ2n) is 4.91. The summed E-state index contributed by atoms with van der Waals surface area (Å²) in [4.78, 5) is 0. The highest BCUT2D eigenvalue weighted by Crippen LogP contribution is 2.30. The maximum Gasteiger partial charge on any atom is 0.0328 e. The fourth-order valence-corrected chi connectivity index (χ4v) is 2.70. The summed E-state index contributed by atoms with van der Waals surface area (Å²) in [7, 11) is 0. The van der Waals surface area contributed by atoms with E-state index in [9.17, 15) is 0 Å². The molecule has 2 aliphatic carbocycles. The number of aryl methyl sites for hydroxylation is 1. The van der Waals surface area contributed by atoms with E-state index in [1.165, 1.54) is 43.2 Å². The van der Waals surface area contributed by atoms with Gasteiger partial charge in [0.25, 0.3) is 0 Å². The summed E-state index contributed by atoms with van der Waals surface area (Å²) in [5.74, 6) is 0. The van der Waals surface area contributed by atoms with Gasteiger partial charge in [-0.2, -0.15) is 0 Å². The number of hydrogen-bond acceptors (Lipinski definition) is 1. The molecule has 1 unspecified atom stereocenters. The van der Waals surface area contributed by atoms with Gasteiger partial charge in [-0.3, -0.25) is 0 Å². The maximum absolute atomic E-state index is 3.66. The normalized spacial score (nSPS) is 22.8. The summed E-state index contributed by atoms with van der Waals surface area (Å²) in [5.41, 5.74) is 4.71. The van der Waals surface area contributed by atoms with Crippen molar-refractivity contribution in [2.45, 2.75) is 38.1 Å². The molecular formula is C15H19N. The van der Waals surface area contributed by atoms with Crippen molar-refractivity contribution in [3.05, 3.63) is 47.0 Å². The lowest BCUT2D eigenvalue weighted by Gasteiger charge is -2.17. The van der Waals surface area contributed by atoms with E-state index >= 15 is 0 Å². The Bertz CT molecular complexity index is 400. The van der Waals surface area contributed by atoms with Crippen molar-refractivity contribution in [1.82, 2.24) is 5.32 Å². The first kappa shape index (κ1) is 10.1. The van der Waals surface area contributed by atoms with Crippen LogP contribution >= 0.6 is 0 Å². The molecule has 2 aliphatic rings. The average Bonchev–Trinajstić information content (AvgIpc) is 2.65. The molecule has 0 heterocycles. The van der Waals surface area contributed by atoms with Gasteiger partial charge in [0.05, 0.1) is 0 Å². The zero-order valence-electron chi connectivity index (χ0n) is 9.71. The number of benzene rings is 1. The van der Waals surface area contributed by atoms with E-state index in [1.54, 1.807) is 5.57 Å². The molecule has 16 heavy (non-hydrogen) atoms. The maximum atomic E-state index is 3.66. The average molecular weight is 213 g/mol. The van der Waals surface area contributed by atoms with E-state index in [-0.39, 0.29) is 0 Å². The molecular weight excluding hydrogens is 194 g/mol. The van der Waals surface area contributed by atoms with Gasteiger partial charge in [-0.15, -0.1) is 0 Å². The highest BCUT2D eigenvalue weighted by Gasteiger charge is 2.20. The zero-order chi connectivity index (χ0) is 10.8. The van der Waals surface area contributed by atoms with Crippen LogP contribution in [0.5, 0.6) is 0 Å². The molecule has 0 amide bonds. The van der Waals surface area contributed by atoms with Crippen molar-refractivity contribution >= 4 is 0 Å². The van der Waals surface area contributed by atoms with E-state index in [2.05, 4.69) is 35.7 Å². The van der Waals surface area contributed by atoms with Crippen LogP contribution in [0, 0.1) is 0 Å². The second-order valence-corrected chi connectivity index (χ2v) is 4.91. The largest absolute Gasteiger partial charge is 0.306 e. The molecule has 1 N–H and O–H groups in total. The predicted octanol–water partition coefficient (Wildman–Crippen LogP) is 3.37. The molecule has 1 saturated carbocycles. The highest BCUT2D eigenvalue weighted by molar-refractivity contribution is 5.34. The van der Waals surface area contributed by atoms with Gasteiger partial charge in [-0.1, -0.05) is 35.9 Å². The Balaban J connectivity index is 1.60. The molecule has 1 fully saturated rings. The third kappa shape index (κ3) is 1.92. The summed E-state index contributed by atoms with van der Waals surface area (Å²) < 4.78 is 0. The van der Waals surface area contributed by atoms with Crippen LogP contribution in [0.25, 0.3) is 0 Å². The van der Waals surface area contributed by atoms with Gasteiger partial charge in [-0.25, -0.2) is 0 Å². The molecule has 1 heteroatoms. The quantitative estimate of drug-likeness (QED) is 0.759. The molecule has 3 rings (SSSR count). The third-order valence-electron chi connectivity index (χ3n) is 3.88. The minimum atomic E-state index is 0.591. The van der Waals surface area contributed by atoms with E-state index in [0.29, 0.717) is 6.04 Å².